The minimum atomic E-state index is -0.173. The summed E-state index contributed by atoms with van der Waals surface area (Å²) < 4.78 is 13.9. The van der Waals surface area contributed by atoms with Gasteiger partial charge in [-0.1, -0.05) is 31.4 Å². The fourth-order valence-corrected chi connectivity index (χ4v) is 3.49. The van der Waals surface area contributed by atoms with Gasteiger partial charge in [0, 0.05) is 23.2 Å². The van der Waals surface area contributed by atoms with Crippen molar-refractivity contribution in [2.24, 2.45) is 11.7 Å². The van der Waals surface area contributed by atoms with E-state index in [1.54, 1.807) is 12.1 Å². The van der Waals surface area contributed by atoms with Crippen LogP contribution in [0.15, 0.2) is 18.2 Å². The zero-order chi connectivity index (χ0) is 14.5. The lowest BCUT2D eigenvalue weighted by molar-refractivity contribution is 0.104. The van der Waals surface area contributed by atoms with Crippen molar-refractivity contribution in [1.82, 2.24) is 4.90 Å². The molecule has 1 aliphatic rings. The number of halogens is 2. The van der Waals surface area contributed by atoms with Crippen molar-refractivity contribution in [1.29, 1.82) is 0 Å². The molecule has 2 atom stereocenters. The molecule has 0 spiro atoms. The fraction of sp³-hybridized carbons (Fsp3) is 0.625. The van der Waals surface area contributed by atoms with Crippen LogP contribution in [0.5, 0.6) is 0 Å². The molecule has 4 heteroatoms. The van der Waals surface area contributed by atoms with Crippen LogP contribution in [0.1, 0.15) is 38.2 Å². The molecule has 0 aliphatic heterocycles. The third-order valence-electron chi connectivity index (χ3n) is 4.43. The number of nitrogens with two attached hydrogens (primary N) is 1. The number of rotatable bonds is 5. The summed E-state index contributed by atoms with van der Waals surface area (Å²) in [6, 6.07) is 5.25. The van der Waals surface area contributed by atoms with E-state index in [-0.39, 0.29) is 5.82 Å². The SMILES string of the molecule is CCN(Cc1cc(Cl)ccc1F)C1CCCCC1CN. The van der Waals surface area contributed by atoms with Crippen LogP contribution in [-0.4, -0.2) is 24.0 Å². The van der Waals surface area contributed by atoms with Crippen LogP contribution < -0.4 is 5.73 Å². The van der Waals surface area contributed by atoms with Crippen LogP contribution in [0.25, 0.3) is 0 Å². The molecule has 0 saturated heterocycles. The van der Waals surface area contributed by atoms with Crippen molar-refractivity contribution in [3.05, 3.63) is 34.6 Å². The standard InChI is InChI=1S/C16H24ClFN2/c1-2-20(16-6-4-3-5-12(16)10-19)11-13-9-14(17)7-8-15(13)18/h7-9,12,16H,2-6,10-11,19H2,1H3. The van der Waals surface area contributed by atoms with Crippen LogP contribution >= 0.6 is 11.6 Å². The third-order valence-corrected chi connectivity index (χ3v) is 4.66. The van der Waals surface area contributed by atoms with Crippen LogP contribution in [0.3, 0.4) is 0 Å². The zero-order valence-electron chi connectivity index (χ0n) is 12.1. The Balaban J connectivity index is 2.13. The van der Waals surface area contributed by atoms with E-state index >= 15 is 0 Å². The van der Waals surface area contributed by atoms with Gasteiger partial charge < -0.3 is 5.73 Å². The average molecular weight is 299 g/mol. The van der Waals surface area contributed by atoms with Crippen molar-refractivity contribution in [3.8, 4) is 0 Å². The highest BCUT2D eigenvalue weighted by atomic mass is 35.5. The summed E-state index contributed by atoms with van der Waals surface area (Å²) in [7, 11) is 0. The van der Waals surface area contributed by atoms with Crippen LogP contribution in [0.4, 0.5) is 4.39 Å². The average Bonchev–Trinajstić information content (AvgIpc) is 2.48. The monoisotopic (exact) mass is 298 g/mol. The Morgan fingerprint density at radius 1 is 1.35 bits per heavy atom. The van der Waals surface area contributed by atoms with Gasteiger partial charge in [0.15, 0.2) is 0 Å². The second kappa shape index (κ2) is 7.39. The summed E-state index contributed by atoms with van der Waals surface area (Å²) in [6.45, 7) is 4.38. The summed E-state index contributed by atoms with van der Waals surface area (Å²) in [5.74, 6) is 0.360. The van der Waals surface area contributed by atoms with Crippen molar-refractivity contribution in [3.63, 3.8) is 0 Å². The molecule has 2 unspecified atom stereocenters. The van der Waals surface area contributed by atoms with Gasteiger partial charge >= 0.3 is 0 Å². The molecule has 0 amide bonds. The maximum absolute atomic E-state index is 13.9. The molecule has 20 heavy (non-hydrogen) atoms. The van der Waals surface area contributed by atoms with E-state index in [1.807, 2.05) is 0 Å². The zero-order valence-corrected chi connectivity index (χ0v) is 12.9. The van der Waals surface area contributed by atoms with Gasteiger partial charge in [-0.2, -0.15) is 0 Å². The molecule has 0 aromatic heterocycles. The van der Waals surface area contributed by atoms with Gasteiger partial charge in [0.2, 0.25) is 0 Å². The number of benzene rings is 1. The number of hydrogen-bond acceptors (Lipinski definition) is 2. The maximum Gasteiger partial charge on any atom is 0.127 e. The lowest BCUT2D eigenvalue weighted by Gasteiger charge is -2.39. The first-order valence-electron chi connectivity index (χ1n) is 7.53. The topological polar surface area (TPSA) is 29.3 Å². The van der Waals surface area contributed by atoms with E-state index in [0.717, 1.165) is 19.5 Å². The van der Waals surface area contributed by atoms with Crippen LogP contribution in [0, 0.1) is 11.7 Å². The van der Waals surface area contributed by atoms with Crippen molar-refractivity contribution < 1.29 is 4.39 Å². The molecule has 1 saturated carbocycles. The quantitative estimate of drug-likeness (QED) is 0.895. The first-order valence-corrected chi connectivity index (χ1v) is 7.91. The Hall–Kier alpha value is -0.640. The second-order valence-corrected chi connectivity index (χ2v) is 6.08. The molecule has 0 bridgehead atoms. The van der Waals surface area contributed by atoms with E-state index in [0.29, 0.717) is 29.1 Å². The third kappa shape index (κ3) is 3.72. The summed E-state index contributed by atoms with van der Waals surface area (Å²) in [5.41, 5.74) is 6.59. The van der Waals surface area contributed by atoms with Gasteiger partial charge in [0.05, 0.1) is 0 Å². The minimum Gasteiger partial charge on any atom is -0.330 e. The van der Waals surface area contributed by atoms with Gasteiger partial charge in [-0.3, -0.25) is 4.90 Å². The van der Waals surface area contributed by atoms with Gasteiger partial charge in [-0.05, 0) is 50.0 Å². The molecule has 0 heterocycles. The maximum atomic E-state index is 13.9. The first-order chi connectivity index (χ1) is 9.65. The Bertz CT molecular complexity index is 438. The molecule has 1 aliphatic carbocycles. The predicted octanol–water partition coefficient (Wildman–Crippen LogP) is 3.82. The lowest BCUT2D eigenvalue weighted by atomic mass is 9.83. The van der Waals surface area contributed by atoms with Gasteiger partial charge in [-0.25, -0.2) is 4.39 Å². The van der Waals surface area contributed by atoms with Crippen molar-refractivity contribution in [2.75, 3.05) is 13.1 Å². The largest absolute Gasteiger partial charge is 0.330 e. The molecular weight excluding hydrogens is 275 g/mol. The predicted molar refractivity (Wildman–Crippen MR) is 82.3 cm³/mol. The molecule has 2 rings (SSSR count). The fourth-order valence-electron chi connectivity index (χ4n) is 3.29. The molecular formula is C16H24ClFN2. The highest BCUT2D eigenvalue weighted by Crippen LogP contribution is 2.29. The molecule has 2 nitrogen and oxygen atoms in total. The summed E-state index contributed by atoms with van der Waals surface area (Å²) in [5, 5.41) is 0.594. The first kappa shape index (κ1) is 15.7. The Morgan fingerprint density at radius 2 is 2.10 bits per heavy atom. The van der Waals surface area contributed by atoms with E-state index in [1.165, 1.54) is 25.3 Å². The Labute approximate surface area is 126 Å². The summed E-state index contributed by atoms with van der Waals surface area (Å²) in [6.07, 6.45) is 4.87. The minimum absolute atomic E-state index is 0.173. The Morgan fingerprint density at radius 3 is 2.80 bits per heavy atom. The van der Waals surface area contributed by atoms with Gasteiger partial charge in [0.1, 0.15) is 5.82 Å². The molecule has 2 N–H and O–H groups in total. The molecule has 1 aromatic rings. The van der Waals surface area contributed by atoms with Gasteiger partial charge in [0.25, 0.3) is 0 Å². The van der Waals surface area contributed by atoms with E-state index in [2.05, 4.69) is 11.8 Å². The normalized spacial score (nSPS) is 23.2. The molecule has 112 valence electrons. The molecule has 0 radical (unpaired) electrons. The highest BCUT2D eigenvalue weighted by Gasteiger charge is 2.28. The Kier molecular flexibility index (Phi) is 5.82. The van der Waals surface area contributed by atoms with E-state index in [4.69, 9.17) is 17.3 Å². The summed E-state index contributed by atoms with van der Waals surface area (Å²) >= 11 is 5.98. The van der Waals surface area contributed by atoms with E-state index < -0.39 is 0 Å². The summed E-state index contributed by atoms with van der Waals surface area (Å²) in [4.78, 5) is 2.35. The van der Waals surface area contributed by atoms with Crippen LogP contribution in [-0.2, 0) is 6.54 Å². The lowest BCUT2D eigenvalue weighted by Crippen LogP contribution is -2.44. The highest BCUT2D eigenvalue weighted by molar-refractivity contribution is 6.30. The van der Waals surface area contributed by atoms with Gasteiger partial charge in [-0.15, -0.1) is 0 Å². The number of nitrogens with zero attached hydrogens (tertiary/aromatic N) is 1. The molecule has 1 aromatic carbocycles. The smallest absolute Gasteiger partial charge is 0.127 e. The van der Waals surface area contributed by atoms with Crippen molar-refractivity contribution >= 4 is 11.6 Å². The van der Waals surface area contributed by atoms with Crippen molar-refractivity contribution in [2.45, 2.75) is 45.2 Å². The number of hydrogen-bond donors (Lipinski definition) is 1. The second-order valence-electron chi connectivity index (χ2n) is 5.65. The van der Waals surface area contributed by atoms with Crippen LogP contribution in [0.2, 0.25) is 5.02 Å². The van der Waals surface area contributed by atoms with E-state index in [9.17, 15) is 4.39 Å². The molecule has 1 fully saturated rings.